The van der Waals surface area contributed by atoms with E-state index >= 15 is 0 Å². The number of aliphatic carboxylic acids is 1. The predicted octanol–water partition coefficient (Wildman–Crippen LogP) is 1.93. The molecular formula is C7H6BF4N2O2-. The minimum absolute atomic E-state index is 0.234. The van der Waals surface area contributed by atoms with Gasteiger partial charge in [0.1, 0.15) is 0 Å². The normalized spacial score (nSPS) is 14.5. The number of carboxylic acid groups (broad SMARTS) is 1. The minimum atomic E-state index is -6.00. The molecular weight excluding hydrogens is 231 g/mol. The van der Waals surface area contributed by atoms with Crippen molar-refractivity contribution < 1.29 is 32.0 Å². The van der Waals surface area contributed by atoms with Gasteiger partial charge in [-0.2, -0.15) is 4.79 Å². The molecule has 0 atom stereocenters. The first kappa shape index (κ1) is 14.1. The molecule has 0 heterocycles. The summed E-state index contributed by atoms with van der Waals surface area (Å²) in [6.45, 7) is 0. The molecule has 1 aliphatic carbocycles. The fourth-order valence-electron chi connectivity index (χ4n) is 0.769. The SMILES string of the molecule is F[B-](F)(F)F.[N-]=[N+]=C1C=CC(C(=O)O)=CC1. The maximum absolute atomic E-state index is 10.3. The van der Waals surface area contributed by atoms with Crippen LogP contribution in [0, 0.1) is 0 Å². The second kappa shape index (κ2) is 5.87. The molecule has 0 fully saturated rings. The predicted molar refractivity (Wildman–Crippen MR) is 48.3 cm³/mol. The average Bonchev–Trinajstić information content (AvgIpc) is 2.15. The van der Waals surface area contributed by atoms with Crippen molar-refractivity contribution in [3.8, 4) is 0 Å². The number of halogens is 4. The highest BCUT2D eigenvalue weighted by molar-refractivity contribution is 6.50. The van der Waals surface area contributed by atoms with Crippen LogP contribution in [0.5, 0.6) is 0 Å². The van der Waals surface area contributed by atoms with E-state index in [9.17, 15) is 22.1 Å². The maximum atomic E-state index is 10.3. The number of hydrogen-bond acceptors (Lipinski definition) is 1. The smallest absolute Gasteiger partial charge is 0.478 e. The van der Waals surface area contributed by atoms with Gasteiger partial charge < -0.3 is 27.9 Å². The van der Waals surface area contributed by atoms with Gasteiger partial charge in [0.2, 0.25) is 0 Å². The van der Waals surface area contributed by atoms with Crippen LogP contribution in [-0.2, 0) is 4.79 Å². The number of nitrogens with zero attached hydrogens (tertiary/aromatic N) is 2. The van der Waals surface area contributed by atoms with Crippen LogP contribution in [0.3, 0.4) is 0 Å². The second-order valence-corrected chi connectivity index (χ2v) is 2.59. The Morgan fingerprint density at radius 1 is 1.38 bits per heavy atom. The van der Waals surface area contributed by atoms with E-state index in [0.717, 1.165) is 0 Å². The zero-order valence-corrected chi connectivity index (χ0v) is 7.78. The van der Waals surface area contributed by atoms with Crippen molar-refractivity contribution in [1.82, 2.24) is 0 Å². The van der Waals surface area contributed by atoms with E-state index in [2.05, 4.69) is 4.79 Å². The highest BCUT2D eigenvalue weighted by Crippen LogP contribution is 2.07. The van der Waals surface area contributed by atoms with Crippen LogP contribution in [0.15, 0.2) is 23.8 Å². The van der Waals surface area contributed by atoms with Gasteiger partial charge >= 0.3 is 13.2 Å². The van der Waals surface area contributed by atoms with E-state index in [0.29, 0.717) is 12.1 Å². The molecule has 0 spiro atoms. The Morgan fingerprint density at radius 3 is 2.12 bits per heavy atom. The quantitative estimate of drug-likeness (QED) is 0.327. The summed E-state index contributed by atoms with van der Waals surface area (Å²) in [7, 11) is -6.00. The molecule has 0 saturated heterocycles. The highest BCUT2D eigenvalue weighted by atomic mass is 19.5. The topological polar surface area (TPSA) is 73.7 Å². The average molecular weight is 237 g/mol. The number of hydrogen-bond donors (Lipinski definition) is 1. The monoisotopic (exact) mass is 237 g/mol. The molecule has 0 saturated carbocycles. The lowest BCUT2D eigenvalue weighted by Gasteiger charge is -1.96. The first-order chi connectivity index (χ1) is 7.24. The van der Waals surface area contributed by atoms with E-state index in [1.54, 1.807) is 0 Å². The number of allylic oxidation sites excluding steroid dienone is 2. The molecule has 1 rings (SSSR count). The Kier molecular flexibility index (Phi) is 5.17. The van der Waals surface area contributed by atoms with Crippen LogP contribution in [-0.4, -0.2) is 28.8 Å². The summed E-state index contributed by atoms with van der Waals surface area (Å²) in [5, 5.41) is 8.48. The van der Waals surface area contributed by atoms with Gasteiger partial charge in [-0.05, 0) is 6.08 Å². The summed E-state index contributed by atoms with van der Waals surface area (Å²) in [5.74, 6) is -0.960. The van der Waals surface area contributed by atoms with E-state index in [1.807, 2.05) is 0 Å². The Morgan fingerprint density at radius 2 is 1.88 bits per heavy atom. The molecule has 0 bridgehead atoms. The van der Waals surface area contributed by atoms with Gasteiger partial charge in [0, 0.05) is 6.08 Å². The fraction of sp³-hybridized carbons (Fsp3) is 0.143. The van der Waals surface area contributed by atoms with Crippen LogP contribution in [0.4, 0.5) is 17.3 Å². The third-order valence-corrected chi connectivity index (χ3v) is 1.36. The summed E-state index contributed by atoms with van der Waals surface area (Å²) < 4.78 is 39.0. The van der Waals surface area contributed by atoms with Gasteiger partial charge in [-0.25, -0.2) is 4.79 Å². The minimum Gasteiger partial charge on any atom is -0.478 e. The maximum Gasteiger partial charge on any atom is 0.673 e. The molecule has 9 heteroatoms. The molecule has 4 nitrogen and oxygen atoms in total. The second-order valence-electron chi connectivity index (χ2n) is 2.59. The van der Waals surface area contributed by atoms with Crippen LogP contribution in [0.1, 0.15) is 6.42 Å². The van der Waals surface area contributed by atoms with Crippen molar-refractivity contribution in [2.24, 2.45) is 0 Å². The summed E-state index contributed by atoms with van der Waals surface area (Å²) in [6.07, 6.45) is 4.75. The van der Waals surface area contributed by atoms with Gasteiger partial charge in [-0.15, -0.1) is 0 Å². The Balaban J connectivity index is 0.000000385. The lowest BCUT2D eigenvalue weighted by atomic mass is 10.1. The van der Waals surface area contributed by atoms with Gasteiger partial charge in [-0.3, -0.25) is 0 Å². The zero-order valence-electron chi connectivity index (χ0n) is 7.78. The van der Waals surface area contributed by atoms with Crippen molar-refractivity contribution in [2.45, 2.75) is 6.42 Å². The molecule has 0 aromatic carbocycles. The first-order valence-electron chi connectivity index (χ1n) is 3.94. The van der Waals surface area contributed by atoms with Crippen LogP contribution in [0.25, 0.3) is 5.53 Å². The Labute approximate surface area is 87.6 Å². The van der Waals surface area contributed by atoms with Crippen molar-refractivity contribution >= 4 is 18.9 Å². The Hall–Kier alpha value is -1.89. The van der Waals surface area contributed by atoms with Gasteiger partial charge in [0.05, 0.1) is 12.0 Å². The number of carboxylic acids is 1. The summed E-state index contributed by atoms with van der Waals surface area (Å²) in [5.41, 5.74) is 8.98. The molecule has 0 unspecified atom stereocenters. The van der Waals surface area contributed by atoms with Crippen molar-refractivity contribution in [2.75, 3.05) is 0 Å². The van der Waals surface area contributed by atoms with Crippen LogP contribution < -0.4 is 0 Å². The number of rotatable bonds is 1. The fourth-order valence-corrected chi connectivity index (χ4v) is 0.769. The Bertz CT molecular complexity index is 376. The van der Waals surface area contributed by atoms with E-state index < -0.39 is 13.2 Å². The molecule has 16 heavy (non-hydrogen) atoms. The lowest BCUT2D eigenvalue weighted by Crippen LogP contribution is -2.05. The molecule has 0 aliphatic heterocycles. The third kappa shape index (κ3) is 7.51. The standard InChI is InChI=1S/C7H6N2O2.BF4/c8-9-6-3-1-5(2-4-6)7(10)11;2-1(3,4)5/h1-3H,4H2,(H,10,11);/q;-1. The van der Waals surface area contributed by atoms with E-state index in [4.69, 9.17) is 10.6 Å². The van der Waals surface area contributed by atoms with Gasteiger partial charge in [-0.1, -0.05) is 6.08 Å². The third-order valence-electron chi connectivity index (χ3n) is 1.36. The van der Waals surface area contributed by atoms with E-state index in [1.165, 1.54) is 18.2 Å². The highest BCUT2D eigenvalue weighted by Gasteiger charge is 2.20. The van der Waals surface area contributed by atoms with Crippen molar-refractivity contribution in [3.05, 3.63) is 29.3 Å². The van der Waals surface area contributed by atoms with Crippen molar-refractivity contribution in [3.63, 3.8) is 0 Å². The molecule has 1 N–H and O–H groups in total. The van der Waals surface area contributed by atoms with Gasteiger partial charge in [0.25, 0.3) is 5.71 Å². The largest absolute Gasteiger partial charge is 0.673 e. The summed E-state index contributed by atoms with van der Waals surface area (Å²) >= 11 is 0. The lowest BCUT2D eigenvalue weighted by molar-refractivity contribution is -0.132. The summed E-state index contributed by atoms with van der Waals surface area (Å²) in [6, 6.07) is 0. The first-order valence-corrected chi connectivity index (χ1v) is 3.94. The van der Waals surface area contributed by atoms with Crippen LogP contribution in [0.2, 0.25) is 0 Å². The van der Waals surface area contributed by atoms with Crippen LogP contribution >= 0.6 is 0 Å². The molecule has 0 radical (unpaired) electrons. The molecule has 88 valence electrons. The van der Waals surface area contributed by atoms with E-state index in [-0.39, 0.29) is 5.57 Å². The summed E-state index contributed by atoms with van der Waals surface area (Å²) in [4.78, 5) is 13.3. The molecule has 1 aliphatic rings. The number of carbonyl (C=O) groups is 1. The van der Waals surface area contributed by atoms with Crippen molar-refractivity contribution in [1.29, 1.82) is 0 Å². The molecule has 0 aromatic heterocycles. The van der Waals surface area contributed by atoms with Gasteiger partial charge in [0.15, 0.2) is 0 Å². The molecule has 0 amide bonds. The zero-order chi connectivity index (χ0) is 12.8. The molecule has 0 aromatic rings.